The van der Waals surface area contributed by atoms with Gasteiger partial charge in [-0.1, -0.05) is 26.3 Å². The maximum absolute atomic E-state index is 12.4. The van der Waals surface area contributed by atoms with Gasteiger partial charge in [-0.2, -0.15) is 0 Å². The van der Waals surface area contributed by atoms with E-state index in [-0.39, 0.29) is 41.2 Å². The zero-order valence-corrected chi connectivity index (χ0v) is 11.7. The van der Waals surface area contributed by atoms with Crippen LogP contribution in [0.5, 0.6) is 0 Å². The summed E-state index contributed by atoms with van der Waals surface area (Å²) in [6.07, 6.45) is 2.58. The fourth-order valence-corrected chi connectivity index (χ4v) is 4.65. The average Bonchev–Trinajstić information content (AvgIpc) is 2.12. The highest BCUT2D eigenvalue weighted by Gasteiger charge is 2.57. The summed E-state index contributed by atoms with van der Waals surface area (Å²) in [7, 11) is 0. The van der Waals surface area contributed by atoms with Crippen LogP contribution < -0.4 is 0 Å². The van der Waals surface area contributed by atoms with E-state index < -0.39 is 0 Å². The van der Waals surface area contributed by atoms with Gasteiger partial charge in [-0.15, -0.1) is 0 Å². The first-order valence-corrected chi connectivity index (χ1v) is 6.73. The molecule has 0 unspecified atom stereocenters. The van der Waals surface area contributed by atoms with E-state index in [9.17, 15) is 15.0 Å². The summed E-state index contributed by atoms with van der Waals surface area (Å²) >= 11 is 0. The monoisotopic (exact) mass is 252 g/mol. The summed E-state index contributed by atoms with van der Waals surface area (Å²) in [6, 6.07) is 0. The topological polar surface area (TPSA) is 57.5 Å². The van der Waals surface area contributed by atoms with Crippen LogP contribution in [-0.4, -0.2) is 28.7 Å². The molecule has 0 bridgehead atoms. The second-order valence-electron chi connectivity index (χ2n) is 7.02. The standard InChI is InChI=1S/C15H24O3/c1-9-5-12(18)13-14(2,3)6-10(17)7-15(13,4)11(9)8-16/h5,10-11,13,16-17H,6-8H2,1-4H3/t10-,11-,13+,15+/m0/s1. The van der Waals surface area contributed by atoms with Gasteiger partial charge in [-0.05, 0) is 36.7 Å². The molecule has 0 aromatic heterocycles. The van der Waals surface area contributed by atoms with Gasteiger partial charge in [0.1, 0.15) is 0 Å². The van der Waals surface area contributed by atoms with Crippen molar-refractivity contribution in [1.82, 2.24) is 0 Å². The molecule has 4 atom stereocenters. The van der Waals surface area contributed by atoms with E-state index >= 15 is 0 Å². The number of fused-ring (bicyclic) bond motifs is 1. The second kappa shape index (κ2) is 4.17. The number of hydrogen-bond donors (Lipinski definition) is 2. The quantitative estimate of drug-likeness (QED) is 0.749. The molecule has 102 valence electrons. The van der Waals surface area contributed by atoms with Crippen molar-refractivity contribution in [2.45, 2.75) is 46.6 Å². The largest absolute Gasteiger partial charge is 0.396 e. The average molecular weight is 252 g/mol. The lowest BCUT2D eigenvalue weighted by atomic mass is 9.48. The minimum absolute atomic E-state index is 0.0191. The van der Waals surface area contributed by atoms with Gasteiger partial charge in [0.15, 0.2) is 5.78 Å². The minimum Gasteiger partial charge on any atom is -0.396 e. The first-order chi connectivity index (χ1) is 8.22. The molecule has 0 aliphatic heterocycles. The Morgan fingerprint density at radius 3 is 2.50 bits per heavy atom. The van der Waals surface area contributed by atoms with E-state index in [1.807, 2.05) is 6.92 Å². The number of rotatable bonds is 1. The SMILES string of the molecule is CC1=CC(=O)[C@@H]2C(C)(C)C[C@H](O)C[C@]2(C)[C@H]1CO. The summed E-state index contributed by atoms with van der Waals surface area (Å²) in [5, 5.41) is 19.8. The molecule has 2 aliphatic rings. The predicted molar refractivity (Wildman–Crippen MR) is 70.0 cm³/mol. The molecule has 2 rings (SSSR count). The summed E-state index contributed by atoms with van der Waals surface area (Å²) < 4.78 is 0. The van der Waals surface area contributed by atoms with Crippen LogP contribution in [0.2, 0.25) is 0 Å². The third-order valence-electron chi connectivity index (χ3n) is 5.06. The Morgan fingerprint density at radius 2 is 1.94 bits per heavy atom. The fourth-order valence-electron chi connectivity index (χ4n) is 4.65. The van der Waals surface area contributed by atoms with E-state index in [1.54, 1.807) is 6.08 Å². The molecule has 0 aromatic rings. The molecule has 2 aliphatic carbocycles. The van der Waals surface area contributed by atoms with E-state index in [0.29, 0.717) is 12.8 Å². The molecular formula is C15H24O3. The van der Waals surface area contributed by atoms with Crippen molar-refractivity contribution < 1.29 is 15.0 Å². The minimum atomic E-state index is -0.381. The fraction of sp³-hybridized carbons (Fsp3) is 0.800. The van der Waals surface area contributed by atoms with Gasteiger partial charge in [-0.3, -0.25) is 4.79 Å². The van der Waals surface area contributed by atoms with Crippen LogP contribution in [0.3, 0.4) is 0 Å². The number of ketones is 1. The maximum atomic E-state index is 12.4. The van der Waals surface area contributed by atoms with Gasteiger partial charge in [0, 0.05) is 11.8 Å². The molecule has 0 spiro atoms. The molecule has 1 fully saturated rings. The normalized spacial score (nSPS) is 43.3. The third-order valence-corrected chi connectivity index (χ3v) is 5.06. The third kappa shape index (κ3) is 1.84. The van der Waals surface area contributed by atoms with Crippen molar-refractivity contribution >= 4 is 5.78 Å². The Balaban J connectivity index is 2.54. The summed E-state index contributed by atoms with van der Waals surface area (Å²) in [6.45, 7) is 8.12. The van der Waals surface area contributed by atoms with E-state index in [2.05, 4.69) is 20.8 Å². The van der Waals surface area contributed by atoms with Crippen molar-refractivity contribution in [3.8, 4) is 0 Å². The first kappa shape index (κ1) is 13.8. The van der Waals surface area contributed by atoms with Crippen molar-refractivity contribution in [3.05, 3.63) is 11.6 Å². The zero-order valence-electron chi connectivity index (χ0n) is 11.7. The summed E-state index contributed by atoms with van der Waals surface area (Å²) in [5.74, 6) is 0.0419. The Hall–Kier alpha value is -0.670. The number of carbonyl (C=O) groups is 1. The van der Waals surface area contributed by atoms with Crippen molar-refractivity contribution in [1.29, 1.82) is 0 Å². The van der Waals surface area contributed by atoms with Crippen LogP contribution in [0.15, 0.2) is 11.6 Å². The molecule has 0 amide bonds. The second-order valence-corrected chi connectivity index (χ2v) is 7.02. The highest BCUT2D eigenvalue weighted by Crippen LogP contribution is 2.58. The van der Waals surface area contributed by atoms with Gasteiger partial charge < -0.3 is 10.2 Å². The van der Waals surface area contributed by atoms with Gasteiger partial charge in [-0.25, -0.2) is 0 Å². The lowest BCUT2D eigenvalue weighted by molar-refractivity contribution is -0.146. The summed E-state index contributed by atoms with van der Waals surface area (Å²) in [5.41, 5.74) is 0.408. The molecular weight excluding hydrogens is 228 g/mol. The molecule has 0 aromatic carbocycles. The van der Waals surface area contributed by atoms with Crippen molar-refractivity contribution in [2.24, 2.45) is 22.7 Å². The van der Waals surface area contributed by atoms with Crippen LogP contribution in [0, 0.1) is 22.7 Å². The van der Waals surface area contributed by atoms with Gasteiger partial charge >= 0.3 is 0 Å². The Bertz CT molecular complexity index is 397. The number of hydrogen-bond acceptors (Lipinski definition) is 3. The van der Waals surface area contributed by atoms with E-state index in [1.165, 1.54) is 0 Å². The Morgan fingerprint density at radius 1 is 1.33 bits per heavy atom. The molecule has 3 nitrogen and oxygen atoms in total. The Labute approximate surface area is 109 Å². The van der Waals surface area contributed by atoms with E-state index in [4.69, 9.17) is 0 Å². The lowest BCUT2D eigenvalue weighted by Crippen LogP contribution is -2.56. The van der Waals surface area contributed by atoms with Crippen LogP contribution in [0.25, 0.3) is 0 Å². The van der Waals surface area contributed by atoms with Crippen molar-refractivity contribution in [3.63, 3.8) is 0 Å². The van der Waals surface area contributed by atoms with E-state index in [0.717, 1.165) is 5.57 Å². The molecule has 1 saturated carbocycles. The molecule has 18 heavy (non-hydrogen) atoms. The highest BCUT2D eigenvalue weighted by molar-refractivity contribution is 5.95. The number of allylic oxidation sites excluding steroid dienone is 1. The number of carbonyl (C=O) groups excluding carboxylic acids is 1. The Kier molecular flexibility index (Phi) is 3.19. The molecule has 2 N–H and O–H groups in total. The van der Waals surface area contributed by atoms with Crippen molar-refractivity contribution in [2.75, 3.05) is 6.61 Å². The van der Waals surface area contributed by atoms with Crippen LogP contribution in [-0.2, 0) is 4.79 Å². The van der Waals surface area contributed by atoms with Gasteiger partial charge in [0.2, 0.25) is 0 Å². The summed E-state index contributed by atoms with van der Waals surface area (Å²) in [4.78, 5) is 12.4. The number of aliphatic hydroxyl groups excluding tert-OH is 2. The lowest BCUT2D eigenvalue weighted by Gasteiger charge is -2.56. The molecule has 3 heteroatoms. The highest BCUT2D eigenvalue weighted by atomic mass is 16.3. The molecule has 0 radical (unpaired) electrons. The molecule has 0 saturated heterocycles. The van der Waals surface area contributed by atoms with Gasteiger partial charge in [0.05, 0.1) is 12.7 Å². The zero-order chi connectivity index (χ0) is 13.7. The van der Waals surface area contributed by atoms with Crippen LogP contribution in [0.4, 0.5) is 0 Å². The number of aliphatic hydroxyl groups is 2. The molecule has 0 heterocycles. The predicted octanol–water partition coefficient (Wildman–Crippen LogP) is 1.93. The maximum Gasteiger partial charge on any atom is 0.159 e. The van der Waals surface area contributed by atoms with Gasteiger partial charge in [0.25, 0.3) is 0 Å². The van der Waals surface area contributed by atoms with Crippen LogP contribution >= 0.6 is 0 Å². The smallest absolute Gasteiger partial charge is 0.159 e. The first-order valence-electron chi connectivity index (χ1n) is 6.73. The van der Waals surface area contributed by atoms with Crippen LogP contribution in [0.1, 0.15) is 40.5 Å².